The summed E-state index contributed by atoms with van der Waals surface area (Å²) in [5.74, 6) is -9.44. The number of para-hydroxylation sites is 2. The van der Waals surface area contributed by atoms with Crippen molar-refractivity contribution in [3.05, 3.63) is 53.4 Å². The van der Waals surface area contributed by atoms with Gasteiger partial charge in [-0.3, -0.25) is 0 Å². The van der Waals surface area contributed by atoms with Crippen LogP contribution >= 0.6 is 0 Å². The first-order chi connectivity index (χ1) is 10.7. The Morgan fingerprint density at radius 2 is 1.17 bits per heavy atom. The predicted octanol–water partition coefficient (Wildman–Crippen LogP) is 3.88. The molecule has 2 rings (SSSR count). The van der Waals surface area contributed by atoms with Gasteiger partial charge in [-0.25, -0.2) is 22.0 Å². The van der Waals surface area contributed by atoms with Crippen LogP contribution in [0.4, 0.5) is 22.0 Å². The first-order valence-electron chi connectivity index (χ1n) is 6.54. The Hall–Kier alpha value is -2.09. The van der Waals surface area contributed by atoms with Crippen LogP contribution in [0.15, 0.2) is 24.3 Å². The lowest BCUT2D eigenvalue weighted by molar-refractivity contribution is 0.379. The summed E-state index contributed by atoms with van der Waals surface area (Å²) in [6, 6.07) is 6.29. The molecule has 2 nitrogen and oxygen atoms in total. The van der Waals surface area contributed by atoms with Gasteiger partial charge in [-0.1, -0.05) is 12.1 Å². The zero-order chi connectivity index (χ0) is 17.4. The predicted molar refractivity (Wildman–Crippen MR) is 77.0 cm³/mol. The van der Waals surface area contributed by atoms with Gasteiger partial charge < -0.3 is 9.16 Å². The summed E-state index contributed by atoms with van der Waals surface area (Å²) in [6.45, 7) is 2.66. The second kappa shape index (κ2) is 6.19. The number of benzene rings is 2. The third kappa shape index (κ3) is 3.03. The number of methoxy groups -OCH3 is 1. The van der Waals surface area contributed by atoms with Gasteiger partial charge in [0.2, 0.25) is 5.82 Å². The van der Waals surface area contributed by atoms with E-state index in [1.54, 1.807) is 18.2 Å². The Labute approximate surface area is 130 Å². The van der Waals surface area contributed by atoms with E-state index >= 15 is 0 Å². The van der Waals surface area contributed by atoms with Gasteiger partial charge in [0.05, 0.1) is 12.3 Å². The highest BCUT2D eigenvalue weighted by molar-refractivity contribution is 6.85. The third-order valence-electron chi connectivity index (χ3n) is 3.25. The molecule has 0 saturated heterocycles. The molecule has 0 bridgehead atoms. The van der Waals surface area contributed by atoms with E-state index in [0.717, 1.165) is 0 Å². The zero-order valence-corrected chi connectivity index (χ0v) is 13.5. The minimum Gasteiger partial charge on any atom is -0.537 e. The Morgan fingerprint density at radius 1 is 0.739 bits per heavy atom. The van der Waals surface area contributed by atoms with E-state index in [4.69, 9.17) is 9.16 Å². The highest BCUT2D eigenvalue weighted by Gasteiger charge is 2.39. The van der Waals surface area contributed by atoms with Crippen molar-refractivity contribution in [1.29, 1.82) is 0 Å². The maximum atomic E-state index is 14.0. The Bertz CT molecular complexity index is 720. The first-order valence-corrected chi connectivity index (χ1v) is 9.45. The second-order valence-corrected chi connectivity index (χ2v) is 8.93. The van der Waals surface area contributed by atoms with E-state index < -0.39 is 42.6 Å². The molecule has 0 fully saturated rings. The summed E-state index contributed by atoms with van der Waals surface area (Å²) in [5, 5.41) is -0.917. The molecule has 0 heterocycles. The second-order valence-electron chi connectivity index (χ2n) is 5.21. The summed E-state index contributed by atoms with van der Waals surface area (Å²) >= 11 is 0. The molecule has 0 aromatic heterocycles. The standard InChI is InChI=1S/C15H13F5O2Si/c1-21-8-6-4-5-7-9(8)22-23(2,3)15-13(19)11(17)10(16)12(18)14(15)20/h4-7H,1-3H3. The van der Waals surface area contributed by atoms with Crippen LogP contribution in [0.2, 0.25) is 13.1 Å². The lowest BCUT2D eigenvalue weighted by atomic mass is 10.3. The Kier molecular flexibility index (Phi) is 4.65. The molecule has 0 saturated carbocycles. The van der Waals surface area contributed by atoms with E-state index in [0.29, 0.717) is 0 Å². The van der Waals surface area contributed by atoms with Crippen molar-refractivity contribution < 1.29 is 31.1 Å². The molecular weight excluding hydrogens is 335 g/mol. The van der Waals surface area contributed by atoms with Gasteiger partial charge in [-0.2, -0.15) is 0 Å². The molecule has 0 amide bonds. The van der Waals surface area contributed by atoms with Gasteiger partial charge in [-0.05, 0) is 25.2 Å². The zero-order valence-electron chi connectivity index (χ0n) is 12.5. The highest BCUT2D eigenvalue weighted by atomic mass is 28.4. The quantitative estimate of drug-likeness (QED) is 0.361. The summed E-state index contributed by atoms with van der Waals surface area (Å²) in [6.07, 6.45) is 0. The van der Waals surface area contributed by atoms with Gasteiger partial charge in [0, 0.05) is 0 Å². The van der Waals surface area contributed by atoms with Crippen molar-refractivity contribution in [3.63, 3.8) is 0 Å². The molecule has 0 aliphatic carbocycles. The maximum absolute atomic E-state index is 14.0. The molecule has 0 aliphatic rings. The largest absolute Gasteiger partial charge is 0.537 e. The van der Waals surface area contributed by atoms with Gasteiger partial charge in [0.25, 0.3) is 8.32 Å². The Morgan fingerprint density at radius 3 is 1.65 bits per heavy atom. The fraction of sp³-hybridized carbons (Fsp3) is 0.200. The Balaban J connectivity index is 2.56. The molecule has 2 aromatic carbocycles. The van der Waals surface area contributed by atoms with E-state index in [1.165, 1.54) is 26.3 Å². The van der Waals surface area contributed by atoms with Crippen LogP contribution in [0.3, 0.4) is 0 Å². The van der Waals surface area contributed by atoms with Crippen LogP contribution in [0.1, 0.15) is 0 Å². The molecule has 0 unspecified atom stereocenters. The highest BCUT2D eigenvalue weighted by Crippen LogP contribution is 2.29. The van der Waals surface area contributed by atoms with Crippen molar-refractivity contribution in [2.45, 2.75) is 13.1 Å². The van der Waals surface area contributed by atoms with Gasteiger partial charge >= 0.3 is 0 Å². The average Bonchev–Trinajstić information content (AvgIpc) is 2.51. The monoisotopic (exact) mass is 348 g/mol. The number of halogens is 5. The van der Waals surface area contributed by atoms with E-state index in [9.17, 15) is 22.0 Å². The van der Waals surface area contributed by atoms with Gasteiger partial charge in [0.1, 0.15) is 5.75 Å². The van der Waals surface area contributed by atoms with Crippen LogP contribution < -0.4 is 14.3 Å². The smallest absolute Gasteiger partial charge is 0.283 e. The van der Waals surface area contributed by atoms with E-state index in [1.807, 2.05) is 0 Å². The molecule has 8 heteroatoms. The third-order valence-corrected chi connectivity index (χ3v) is 5.62. The van der Waals surface area contributed by atoms with Crippen molar-refractivity contribution in [2.75, 3.05) is 7.11 Å². The molecule has 0 spiro atoms. The van der Waals surface area contributed by atoms with Crippen molar-refractivity contribution in [1.82, 2.24) is 0 Å². The van der Waals surface area contributed by atoms with Gasteiger partial charge in [0.15, 0.2) is 29.0 Å². The minimum absolute atomic E-state index is 0.163. The van der Waals surface area contributed by atoms with Gasteiger partial charge in [-0.15, -0.1) is 0 Å². The van der Waals surface area contributed by atoms with Crippen molar-refractivity contribution >= 4 is 13.5 Å². The molecular formula is C15H13F5O2Si. The summed E-state index contributed by atoms with van der Waals surface area (Å²) in [4.78, 5) is 0. The maximum Gasteiger partial charge on any atom is 0.283 e. The van der Waals surface area contributed by atoms with Crippen LogP contribution in [0.25, 0.3) is 0 Å². The normalized spacial score (nSPS) is 11.5. The number of ether oxygens (including phenoxy) is 1. The minimum atomic E-state index is -3.52. The topological polar surface area (TPSA) is 18.5 Å². The molecule has 0 N–H and O–H groups in total. The fourth-order valence-electron chi connectivity index (χ4n) is 2.16. The van der Waals surface area contributed by atoms with E-state index in [-0.39, 0.29) is 11.5 Å². The van der Waals surface area contributed by atoms with Crippen LogP contribution in [0.5, 0.6) is 11.5 Å². The van der Waals surface area contributed by atoms with Crippen LogP contribution in [-0.2, 0) is 0 Å². The molecule has 23 heavy (non-hydrogen) atoms. The van der Waals surface area contributed by atoms with Crippen LogP contribution in [0, 0.1) is 29.1 Å². The van der Waals surface area contributed by atoms with Crippen molar-refractivity contribution in [2.24, 2.45) is 0 Å². The number of hydrogen-bond donors (Lipinski definition) is 0. The summed E-state index contributed by atoms with van der Waals surface area (Å²) in [7, 11) is -2.15. The molecule has 0 atom stereocenters. The van der Waals surface area contributed by atoms with E-state index in [2.05, 4.69) is 0 Å². The van der Waals surface area contributed by atoms with Crippen LogP contribution in [-0.4, -0.2) is 15.4 Å². The average molecular weight is 348 g/mol. The lowest BCUT2D eigenvalue weighted by Crippen LogP contribution is -2.52. The molecule has 2 aromatic rings. The summed E-state index contributed by atoms with van der Waals surface area (Å²) < 4.78 is 78.6. The number of rotatable bonds is 4. The molecule has 124 valence electrons. The SMILES string of the molecule is COc1ccccc1O[Si](C)(C)c1c(F)c(F)c(F)c(F)c1F. The fourth-order valence-corrected chi connectivity index (χ4v) is 4.26. The number of hydrogen-bond acceptors (Lipinski definition) is 2. The first kappa shape index (κ1) is 17.3. The summed E-state index contributed by atoms with van der Waals surface area (Å²) in [5.41, 5.74) is 0. The molecule has 0 radical (unpaired) electrons. The lowest BCUT2D eigenvalue weighted by Gasteiger charge is -2.26. The van der Waals surface area contributed by atoms with Crippen molar-refractivity contribution in [3.8, 4) is 11.5 Å². The molecule has 0 aliphatic heterocycles.